The van der Waals surface area contributed by atoms with E-state index in [4.69, 9.17) is 0 Å². The predicted molar refractivity (Wildman–Crippen MR) is 50.2 cm³/mol. The summed E-state index contributed by atoms with van der Waals surface area (Å²) in [6, 6.07) is 6.09. The van der Waals surface area contributed by atoms with E-state index >= 15 is 0 Å². The third-order valence-electron chi connectivity index (χ3n) is 1.50. The summed E-state index contributed by atoms with van der Waals surface area (Å²) in [6.07, 6.45) is 0. The van der Waals surface area contributed by atoms with Crippen molar-refractivity contribution in [3.8, 4) is 23.7 Å². The van der Waals surface area contributed by atoms with Gasteiger partial charge in [0, 0.05) is 11.1 Å². The number of aliphatic carboxylic acids is 2. The molecule has 98 valence electrons. The van der Waals surface area contributed by atoms with Gasteiger partial charge in [0.15, 0.2) is 0 Å². The van der Waals surface area contributed by atoms with Gasteiger partial charge >= 0.3 is 44.8 Å². The summed E-state index contributed by atoms with van der Waals surface area (Å²) in [5.74, 6) is 5.47. The van der Waals surface area contributed by atoms with Crippen molar-refractivity contribution in [2.45, 2.75) is 0 Å². The van der Waals surface area contributed by atoms with Crippen molar-refractivity contribution in [2.75, 3.05) is 0 Å². The molecule has 0 unspecified atom stereocenters. The first-order valence-electron chi connectivity index (χ1n) is 4.14. The molecular formula is C12H4Ag2O4. The van der Waals surface area contributed by atoms with Gasteiger partial charge in [-0.25, -0.2) is 0 Å². The number of carbonyl (C=O) groups is 2. The Bertz CT molecular complexity index is 490. The van der Waals surface area contributed by atoms with Crippen LogP contribution in [0.25, 0.3) is 0 Å². The van der Waals surface area contributed by atoms with Crippen LogP contribution >= 0.6 is 0 Å². The smallest absolute Gasteiger partial charge is 0.537 e. The number of rotatable bonds is 0. The van der Waals surface area contributed by atoms with Crippen LogP contribution in [-0.2, 0) is 54.3 Å². The van der Waals surface area contributed by atoms with E-state index in [0.717, 1.165) is 0 Å². The van der Waals surface area contributed by atoms with E-state index in [1.54, 1.807) is 0 Å². The molecule has 18 heavy (non-hydrogen) atoms. The van der Waals surface area contributed by atoms with Gasteiger partial charge < -0.3 is 19.8 Å². The van der Waals surface area contributed by atoms with E-state index in [1.807, 2.05) is 11.8 Å². The van der Waals surface area contributed by atoms with E-state index in [2.05, 4.69) is 11.8 Å². The van der Waals surface area contributed by atoms with Crippen LogP contribution < -0.4 is 10.2 Å². The normalized spacial score (nSPS) is 7.11. The van der Waals surface area contributed by atoms with Crippen LogP contribution in [0.4, 0.5) is 0 Å². The van der Waals surface area contributed by atoms with Gasteiger partial charge in [-0.2, -0.15) is 0 Å². The van der Waals surface area contributed by atoms with Crippen LogP contribution in [0.2, 0.25) is 0 Å². The molecule has 0 amide bonds. The molecule has 0 spiro atoms. The number of hydrogen-bond acceptors (Lipinski definition) is 4. The van der Waals surface area contributed by atoms with Crippen LogP contribution in [0, 0.1) is 23.7 Å². The summed E-state index contributed by atoms with van der Waals surface area (Å²) in [5.41, 5.74) is 0.950. The van der Waals surface area contributed by atoms with Gasteiger partial charge in [0.25, 0.3) is 0 Å². The first kappa shape index (κ1) is 19.1. The molecule has 1 rings (SSSR count). The average molecular weight is 428 g/mol. The van der Waals surface area contributed by atoms with Crippen molar-refractivity contribution in [1.29, 1.82) is 0 Å². The standard InChI is InChI=1S/C12H6O4.2Ag/c13-11(14)7-5-9-1-2-10(4-3-9)6-8-12(15)16;;/h1-4H,(H,13,14)(H,15,16);;/q;2*+1/p-2. The summed E-state index contributed by atoms with van der Waals surface area (Å²) in [4.78, 5) is 20.1. The molecule has 0 N–H and O–H groups in total. The molecule has 6 heteroatoms. The maximum absolute atomic E-state index is 10.0. The molecule has 4 nitrogen and oxygen atoms in total. The average Bonchev–Trinajstić information content (AvgIpc) is 2.25. The molecule has 0 aliphatic rings. The summed E-state index contributed by atoms with van der Waals surface area (Å²) in [7, 11) is 0. The molecule has 0 aromatic heterocycles. The Balaban J connectivity index is 0. The molecule has 0 saturated carbocycles. The molecule has 1 aromatic rings. The van der Waals surface area contributed by atoms with E-state index < -0.39 is 11.9 Å². The fourth-order valence-corrected chi connectivity index (χ4v) is 0.883. The zero-order valence-corrected chi connectivity index (χ0v) is 11.5. The van der Waals surface area contributed by atoms with Crippen LogP contribution in [0.5, 0.6) is 0 Å². The Morgan fingerprint density at radius 2 is 1.06 bits per heavy atom. The minimum atomic E-state index is -1.46. The molecule has 0 fully saturated rings. The van der Waals surface area contributed by atoms with E-state index in [1.165, 1.54) is 24.3 Å². The van der Waals surface area contributed by atoms with Crippen molar-refractivity contribution in [1.82, 2.24) is 0 Å². The molecule has 1 aromatic carbocycles. The Labute approximate surface area is 135 Å². The van der Waals surface area contributed by atoms with E-state index in [0.29, 0.717) is 11.1 Å². The number of carboxylic acid groups (broad SMARTS) is 2. The number of carbonyl (C=O) groups excluding carboxylic acids is 2. The van der Waals surface area contributed by atoms with Gasteiger partial charge in [0.1, 0.15) is 11.9 Å². The largest absolute Gasteiger partial charge is 1.00 e. The summed E-state index contributed by atoms with van der Waals surface area (Å²) < 4.78 is 0. The van der Waals surface area contributed by atoms with Gasteiger partial charge in [-0.15, -0.1) is 0 Å². The molecule has 0 saturated heterocycles. The molecule has 0 bridgehead atoms. The predicted octanol–water partition coefficient (Wildman–Crippen LogP) is -2.12. The summed E-state index contributed by atoms with van der Waals surface area (Å²) >= 11 is 0. The number of carboxylic acids is 2. The quantitative estimate of drug-likeness (QED) is 0.350. The van der Waals surface area contributed by atoms with Crippen molar-refractivity contribution < 1.29 is 64.6 Å². The van der Waals surface area contributed by atoms with Gasteiger partial charge in [-0.3, -0.25) is 0 Å². The van der Waals surface area contributed by atoms with Gasteiger partial charge in [0.2, 0.25) is 0 Å². The van der Waals surface area contributed by atoms with Crippen LogP contribution in [0.1, 0.15) is 11.1 Å². The summed E-state index contributed by atoms with van der Waals surface area (Å²) in [5, 5.41) is 20.1. The third-order valence-corrected chi connectivity index (χ3v) is 1.50. The van der Waals surface area contributed by atoms with Gasteiger partial charge in [0.05, 0.1) is 0 Å². The third kappa shape index (κ3) is 7.94. The minimum absolute atomic E-state index is 0. The van der Waals surface area contributed by atoms with Crippen molar-refractivity contribution in [3.63, 3.8) is 0 Å². The van der Waals surface area contributed by atoms with Crippen LogP contribution in [0.3, 0.4) is 0 Å². The Hall–Kier alpha value is -1.24. The zero-order chi connectivity index (χ0) is 12.0. The van der Waals surface area contributed by atoms with Crippen molar-refractivity contribution >= 4 is 11.9 Å². The Kier molecular flexibility index (Phi) is 10.4. The maximum atomic E-state index is 10.0. The fourth-order valence-electron chi connectivity index (χ4n) is 0.883. The molecule has 0 atom stereocenters. The Morgan fingerprint density at radius 1 is 0.778 bits per heavy atom. The number of hydrogen-bond donors (Lipinski definition) is 0. The Morgan fingerprint density at radius 3 is 1.28 bits per heavy atom. The molecule has 0 aliphatic heterocycles. The second-order valence-electron chi connectivity index (χ2n) is 2.65. The maximum Gasteiger partial charge on any atom is 1.00 e. The molecule has 0 radical (unpaired) electrons. The second-order valence-corrected chi connectivity index (χ2v) is 2.65. The first-order chi connectivity index (χ1) is 7.58. The van der Waals surface area contributed by atoms with Crippen LogP contribution in [-0.4, -0.2) is 11.9 Å². The minimum Gasteiger partial charge on any atom is -0.537 e. The van der Waals surface area contributed by atoms with Gasteiger partial charge in [-0.05, 0) is 36.1 Å². The molecule has 0 aliphatic carbocycles. The van der Waals surface area contributed by atoms with E-state index in [9.17, 15) is 19.8 Å². The van der Waals surface area contributed by atoms with Crippen LogP contribution in [0.15, 0.2) is 24.3 Å². The zero-order valence-electron chi connectivity index (χ0n) is 8.55. The van der Waals surface area contributed by atoms with Gasteiger partial charge in [-0.1, -0.05) is 11.8 Å². The molecule has 0 heterocycles. The SMILES string of the molecule is O=C([O-])C#Cc1ccc(C#CC(=O)[O-])cc1.[Ag+].[Ag+]. The summed E-state index contributed by atoms with van der Waals surface area (Å²) in [6.45, 7) is 0. The fraction of sp³-hybridized carbons (Fsp3) is 0. The topological polar surface area (TPSA) is 80.3 Å². The number of benzene rings is 1. The molecular weight excluding hydrogens is 424 g/mol. The first-order valence-corrected chi connectivity index (χ1v) is 4.14. The van der Waals surface area contributed by atoms with Crippen molar-refractivity contribution in [2.24, 2.45) is 0 Å². The van der Waals surface area contributed by atoms with Crippen molar-refractivity contribution in [3.05, 3.63) is 35.4 Å². The second kappa shape index (κ2) is 9.76. The monoisotopic (exact) mass is 426 g/mol. The van der Waals surface area contributed by atoms with E-state index in [-0.39, 0.29) is 44.8 Å².